The molecule has 1 heterocycles. The Balaban J connectivity index is 1.98. The number of ether oxygens (including phenoxy) is 3. The fourth-order valence-electron chi connectivity index (χ4n) is 2.17. The Hall–Kier alpha value is -1.22. The molecule has 0 aliphatic carbocycles. The molecule has 2 unspecified atom stereocenters. The third kappa shape index (κ3) is 2.91. The van der Waals surface area contributed by atoms with Gasteiger partial charge in [-0.15, -0.1) is 0 Å². The molecule has 1 aromatic carbocycles. The van der Waals surface area contributed by atoms with E-state index in [1.807, 2.05) is 18.2 Å². The van der Waals surface area contributed by atoms with Crippen molar-refractivity contribution in [3.63, 3.8) is 0 Å². The van der Waals surface area contributed by atoms with Gasteiger partial charge in [-0.05, 0) is 43.0 Å². The fraction of sp³-hybridized carbons (Fsp3) is 0.571. The first-order valence-electron chi connectivity index (χ1n) is 6.14. The van der Waals surface area contributed by atoms with Crippen LogP contribution in [0.4, 0.5) is 0 Å². The monoisotopic (exact) mass is 236 g/mol. The molecule has 1 aliphatic heterocycles. The molecule has 0 aromatic heterocycles. The summed E-state index contributed by atoms with van der Waals surface area (Å²) in [5.41, 5.74) is 1.19. The van der Waals surface area contributed by atoms with Gasteiger partial charge in [-0.3, -0.25) is 0 Å². The number of hydrogen-bond donors (Lipinski definition) is 0. The maximum Gasteiger partial charge on any atom is 0.122 e. The first kappa shape index (κ1) is 12.2. The van der Waals surface area contributed by atoms with Crippen molar-refractivity contribution < 1.29 is 14.2 Å². The van der Waals surface area contributed by atoms with E-state index in [1.54, 1.807) is 14.2 Å². The molecule has 0 amide bonds. The van der Waals surface area contributed by atoms with Gasteiger partial charge in [0.2, 0.25) is 0 Å². The summed E-state index contributed by atoms with van der Waals surface area (Å²) in [7, 11) is 3.39. The predicted molar refractivity (Wildman–Crippen MR) is 66.8 cm³/mol. The smallest absolute Gasteiger partial charge is 0.122 e. The Labute approximate surface area is 103 Å². The summed E-state index contributed by atoms with van der Waals surface area (Å²) in [6, 6.07) is 5.92. The van der Waals surface area contributed by atoms with Crippen molar-refractivity contribution in [1.82, 2.24) is 0 Å². The summed E-state index contributed by atoms with van der Waals surface area (Å²) in [5.74, 6) is 1.81. The van der Waals surface area contributed by atoms with Crippen molar-refractivity contribution in [2.24, 2.45) is 0 Å². The lowest BCUT2D eigenvalue weighted by atomic mass is 10.0. The number of hydrogen-bond acceptors (Lipinski definition) is 3. The third-order valence-electron chi connectivity index (χ3n) is 3.28. The van der Waals surface area contributed by atoms with E-state index in [1.165, 1.54) is 5.56 Å². The molecular weight excluding hydrogens is 216 g/mol. The van der Waals surface area contributed by atoms with Crippen molar-refractivity contribution >= 4 is 0 Å². The zero-order valence-electron chi connectivity index (χ0n) is 10.7. The zero-order chi connectivity index (χ0) is 12.3. The van der Waals surface area contributed by atoms with Crippen LogP contribution >= 0.6 is 0 Å². The molecule has 1 aliphatic rings. The molecule has 94 valence electrons. The van der Waals surface area contributed by atoms with E-state index in [9.17, 15) is 0 Å². The Morgan fingerprint density at radius 2 is 2.00 bits per heavy atom. The second-order valence-corrected chi connectivity index (χ2v) is 4.34. The zero-order valence-corrected chi connectivity index (χ0v) is 10.7. The summed E-state index contributed by atoms with van der Waals surface area (Å²) < 4.78 is 16.1. The Morgan fingerprint density at radius 1 is 1.18 bits per heavy atom. The Bertz CT molecular complexity index is 376. The van der Waals surface area contributed by atoms with E-state index in [0.29, 0.717) is 12.2 Å². The van der Waals surface area contributed by atoms with E-state index in [0.717, 1.165) is 30.8 Å². The summed E-state index contributed by atoms with van der Waals surface area (Å²) in [4.78, 5) is 0. The summed E-state index contributed by atoms with van der Waals surface area (Å²) in [6.07, 6.45) is 4.06. The second kappa shape index (κ2) is 5.41. The molecule has 1 saturated heterocycles. The van der Waals surface area contributed by atoms with Crippen LogP contribution in [-0.2, 0) is 11.2 Å². The van der Waals surface area contributed by atoms with Gasteiger partial charge in [0.1, 0.15) is 11.5 Å². The van der Waals surface area contributed by atoms with Gasteiger partial charge in [0, 0.05) is 0 Å². The average Bonchev–Trinajstić information content (AvgIpc) is 3.14. The van der Waals surface area contributed by atoms with Crippen molar-refractivity contribution in [3.05, 3.63) is 23.8 Å². The first-order chi connectivity index (χ1) is 8.28. The molecule has 17 heavy (non-hydrogen) atoms. The highest BCUT2D eigenvalue weighted by atomic mass is 16.6. The lowest BCUT2D eigenvalue weighted by Crippen LogP contribution is -1.98. The van der Waals surface area contributed by atoms with Crippen molar-refractivity contribution in [3.8, 4) is 11.5 Å². The largest absolute Gasteiger partial charge is 0.497 e. The number of benzene rings is 1. The molecule has 1 fully saturated rings. The summed E-state index contributed by atoms with van der Waals surface area (Å²) in [5, 5.41) is 0. The normalized spacial score (nSPS) is 22.3. The van der Waals surface area contributed by atoms with Crippen LogP contribution in [0.25, 0.3) is 0 Å². The molecule has 0 radical (unpaired) electrons. The highest BCUT2D eigenvalue weighted by Gasteiger charge is 2.36. The van der Waals surface area contributed by atoms with Crippen LogP contribution in [0.2, 0.25) is 0 Å². The van der Waals surface area contributed by atoms with Crippen LogP contribution in [0.15, 0.2) is 18.2 Å². The van der Waals surface area contributed by atoms with Gasteiger partial charge in [-0.25, -0.2) is 0 Å². The van der Waals surface area contributed by atoms with Gasteiger partial charge >= 0.3 is 0 Å². The SMILES string of the molecule is CCC1OC1CCc1cc(OC)ccc1OC. The first-order valence-corrected chi connectivity index (χ1v) is 6.14. The molecule has 0 N–H and O–H groups in total. The van der Waals surface area contributed by atoms with Crippen LogP contribution in [-0.4, -0.2) is 26.4 Å². The van der Waals surface area contributed by atoms with Crippen LogP contribution in [0.5, 0.6) is 11.5 Å². The third-order valence-corrected chi connectivity index (χ3v) is 3.28. The molecule has 2 atom stereocenters. The number of epoxide rings is 1. The average molecular weight is 236 g/mol. The molecule has 3 nitrogen and oxygen atoms in total. The maximum atomic E-state index is 5.55. The van der Waals surface area contributed by atoms with Crippen LogP contribution in [0.3, 0.4) is 0 Å². The van der Waals surface area contributed by atoms with Crippen molar-refractivity contribution in [1.29, 1.82) is 0 Å². The van der Waals surface area contributed by atoms with Gasteiger partial charge in [-0.1, -0.05) is 6.92 Å². The van der Waals surface area contributed by atoms with Gasteiger partial charge in [0.15, 0.2) is 0 Å². The maximum absolute atomic E-state index is 5.55. The summed E-state index contributed by atoms with van der Waals surface area (Å²) >= 11 is 0. The number of methoxy groups -OCH3 is 2. The lowest BCUT2D eigenvalue weighted by molar-refractivity contribution is 0.358. The lowest BCUT2D eigenvalue weighted by Gasteiger charge is -2.09. The minimum absolute atomic E-state index is 0.441. The van der Waals surface area contributed by atoms with E-state index in [-0.39, 0.29) is 0 Å². The molecule has 0 bridgehead atoms. The Kier molecular flexibility index (Phi) is 3.89. The second-order valence-electron chi connectivity index (χ2n) is 4.34. The van der Waals surface area contributed by atoms with Gasteiger partial charge in [-0.2, -0.15) is 0 Å². The molecule has 3 heteroatoms. The Morgan fingerprint density at radius 3 is 2.59 bits per heavy atom. The molecule has 0 spiro atoms. The number of rotatable bonds is 6. The van der Waals surface area contributed by atoms with Gasteiger partial charge in [0.05, 0.1) is 26.4 Å². The highest BCUT2D eigenvalue weighted by Crippen LogP contribution is 2.32. The van der Waals surface area contributed by atoms with E-state index < -0.39 is 0 Å². The molecule has 2 rings (SSSR count). The molecule has 1 aromatic rings. The van der Waals surface area contributed by atoms with Gasteiger partial charge < -0.3 is 14.2 Å². The van der Waals surface area contributed by atoms with E-state index in [4.69, 9.17) is 14.2 Å². The van der Waals surface area contributed by atoms with Crippen LogP contribution in [0, 0.1) is 0 Å². The van der Waals surface area contributed by atoms with Crippen LogP contribution in [0.1, 0.15) is 25.3 Å². The van der Waals surface area contributed by atoms with Crippen molar-refractivity contribution in [2.45, 2.75) is 38.4 Å². The highest BCUT2D eigenvalue weighted by molar-refractivity contribution is 5.40. The quantitative estimate of drug-likeness (QED) is 0.712. The molecular formula is C14H20O3. The van der Waals surface area contributed by atoms with E-state index in [2.05, 4.69) is 6.92 Å². The standard InChI is InChI=1S/C14H20O3/c1-4-12-14(17-12)7-5-10-9-11(15-2)6-8-13(10)16-3/h6,8-9,12,14H,4-5,7H2,1-3H3. The molecule has 0 saturated carbocycles. The minimum atomic E-state index is 0.441. The van der Waals surface area contributed by atoms with Gasteiger partial charge in [0.25, 0.3) is 0 Å². The predicted octanol–water partition coefficient (Wildman–Crippen LogP) is 2.81. The fourth-order valence-corrected chi connectivity index (χ4v) is 2.17. The summed E-state index contributed by atoms with van der Waals surface area (Å²) in [6.45, 7) is 2.16. The van der Waals surface area contributed by atoms with Crippen molar-refractivity contribution in [2.75, 3.05) is 14.2 Å². The minimum Gasteiger partial charge on any atom is -0.497 e. The topological polar surface area (TPSA) is 31.0 Å². The number of aryl methyl sites for hydroxylation is 1. The van der Waals surface area contributed by atoms with E-state index >= 15 is 0 Å². The van der Waals surface area contributed by atoms with Crippen LogP contribution < -0.4 is 9.47 Å².